The maximum absolute atomic E-state index is 12.9. The first-order chi connectivity index (χ1) is 14.7. The van der Waals surface area contributed by atoms with Crippen LogP contribution in [0.25, 0.3) is 0 Å². The number of fused-ring (bicyclic) bond motifs is 1. The molecule has 1 atom stereocenters. The minimum atomic E-state index is -1.42. The Bertz CT molecular complexity index is 1050. The van der Waals surface area contributed by atoms with E-state index < -0.39 is 11.0 Å². The van der Waals surface area contributed by atoms with Gasteiger partial charge in [-0.15, -0.1) is 0 Å². The van der Waals surface area contributed by atoms with Crippen LogP contribution in [0.5, 0.6) is 0 Å². The fraction of sp³-hybridized carbons (Fsp3) is 0.423. The predicted octanol–water partition coefficient (Wildman–Crippen LogP) is 4.62. The van der Waals surface area contributed by atoms with Gasteiger partial charge >= 0.3 is 5.97 Å². The average Bonchev–Trinajstić information content (AvgIpc) is 3.51. The molecule has 0 amide bonds. The molecular formula is C26H28O5. The highest BCUT2D eigenvalue weighted by Gasteiger charge is 2.65. The Labute approximate surface area is 182 Å². The lowest BCUT2D eigenvalue weighted by Crippen LogP contribution is -2.49. The summed E-state index contributed by atoms with van der Waals surface area (Å²) < 4.78 is 5.70. The van der Waals surface area contributed by atoms with Crippen LogP contribution in [-0.2, 0) is 14.3 Å². The summed E-state index contributed by atoms with van der Waals surface area (Å²) in [6.07, 6.45) is 4.98. The number of carbonyl (C=O) groups excluding carboxylic acids is 3. The number of esters is 1. The summed E-state index contributed by atoms with van der Waals surface area (Å²) in [5.41, 5.74) is 1.49. The van der Waals surface area contributed by atoms with E-state index in [9.17, 15) is 19.5 Å². The highest BCUT2D eigenvalue weighted by atomic mass is 16.5. The molecule has 1 aromatic carbocycles. The molecule has 0 bridgehead atoms. The Hall–Kier alpha value is -2.79. The van der Waals surface area contributed by atoms with Gasteiger partial charge in [-0.25, -0.2) is 0 Å². The topological polar surface area (TPSA) is 80.7 Å². The van der Waals surface area contributed by atoms with Crippen molar-refractivity contribution < 1.29 is 24.2 Å². The molecule has 0 heterocycles. The molecule has 1 aromatic rings. The Morgan fingerprint density at radius 3 is 2.35 bits per heavy atom. The zero-order chi connectivity index (χ0) is 22.4. The molecule has 0 aromatic heterocycles. The lowest BCUT2D eigenvalue weighted by molar-refractivity contribution is -0.140. The van der Waals surface area contributed by atoms with E-state index >= 15 is 0 Å². The van der Waals surface area contributed by atoms with Crippen molar-refractivity contribution in [1.82, 2.24) is 0 Å². The van der Waals surface area contributed by atoms with Crippen LogP contribution in [0, 0.1) is 5.41 Å². The molecular weight excluding hydrogens is 392 g/mol. The van der Waals surface area contributed by atoms with E-state index in [1.165, 1.54) is 0 Å². The summed E-state index contributed by atoms with van der Waals surface area (Å²) in [5.74, 6) is -0.157. The molecule has 1 saturated carbocycles. The first-order valence-corrected chi connectivity index (χ1v) is 10.9. The molecule has 1 fully saturated rings. The zero-order valence-electron chi connectivity index (χ0n) is 18.3. The summed E-state index contributed by atoms with van der Waals surface area (Å²) in [5, 5.41) is 10.9. The third-order valence-corrected chi connectivity index (χ3v) is 7.02. The van der Waals surface area contributed by atoms with Crippen molar-refractivity contribution in [2.24, 2.45) is 5.41 Å². The largest absolute Gasteiger partial charge is 0.426 e. The van der Waals surface area contributed by atoms with Gasteiger partial charge in [0.1, 0.15) is 11.4 Å². The summed E-state index contributed by atoms with van der Waals surface area (Å²) >= 11 is 0. The quantitative estimate of drug-likeness (QED) is 0.396. The van der Waals surface area contributed by atoms with Gasteiger partial charge in [-0.05, 0) is 58.1 Å². The Kier molecular flexibility index (Phi) is 5.34. The van der Waals surface area contributed by atoms with E-state index in [4.69, 9.17) is 4.74 Å². The van der Waals surface area contributed by atoms with Crippen LogP contribution in [0.1, 0.15) is 69.7 Å². The van der Waals surface area contributed by atoms with Crippen LogP contribution >= 0.6 is 0 Å². The van der Waals surface area contributed by atoms with E-state index in [0.717, 1.165) is 24.0 Å². The molecule has 3 aliphatic rings. The van der Waals surface area contributed by atoms with Gasteiger partial charge in [0.05, 0.1) is 0 Å². The predicted molar refractivity (Wildman–Crippen MR) is 116 cm³/mol. The number of ether oxygens (including phenoxy) is 1. The first-order valence-electron chi connectivity index (χ1n) is 10.9. The van der Waals surface area contributed by atoms with Gasteiger partial charge in [0, 0.05) is 35.0 Å². The zero-order valence-corrected chi connectivity index (χ0v) is 18.3. The molecule has 0 unspecified atom stereocenters. The van der Waals surface area contributed by atoms with Crippen molar-refractivity contribution in [2.75, 3.05) is 0 Å². The van der Waals surface area contributed by atoms with E-state index in [-0.39, 0.29) is 24.0 Å². The van der Waals surface area contributed by atoms with Crippen molar-refractivity contribution in [3.05, 3.63) is 70.0 Å². The number of hydrogen-bond acceptors (Lipinski definition) is 5. The highest BCUT2D eigenvalue weighted by Crippen LogP contribution is 2.65. The van der Waals surface area contributed by atoms with Gasteiger partial charge < -0.3 is 9.84 Å². The summed E-state index contributed by atoms with van der Waals surface area (Å²) in [6.45, 7) is 5.34. The third kappa shape index (κ3) is 3.51. The van der Waals surface area contributed by atoms with Crippen molar-refractivity contribution in [1.29, 1.82) is 0 Å². The van der Waals surface area contributed by atoms with Crippen molar-refractivity contribution >= 4 is 17.5 Å². The molecule has 3 aliphatic carbocycles. The lowest BCUT2D eigenvalue weighted by atomic mass is 9.68. The molecule has 1 spiro atoms. The summed E-state index contributed by atoms with van der Waals surface area (Å²) in [7, 11) is 0. The summed E-state index contributed by atoms with van der Waals surface area (Å²) in [4.78, 5) is 37.6. The number of carbonyl (C=O) groups is 3. The third-order valence-electron chi connectivity index (χ3n) is 7.02. The molecule has 5 heteroatoms. The van der Waals surface area contributed by atoms with Gasteiger partial charge in [-0.2, -0.15) is 0 Å². The number of unbranched alkanes of at least 4 members (excludes halogenated alkanes) is 1. The van der Waals surface area contributed by atoms with Crippen LogP contribution in [-0.4, -0.2) is 28.2 Å². The fourth-order valence-corrected chi connectivity index (χ4v) is 4.92. The van der Waals surface area contributed by atoms with Gasteiger partial charge in [0.25, 0.3) is 0 Å². The van der Waals surface area contributed by atoms with Gasteiger partial charge in [-0.3, -0.25) is 14.4 Å². The molecule has 0 radical (unpaired) electrons. The second-order valence-corrected chi connectivity index (χ2v) is 9.02. The normalized spacial score (nSPS) is 23.7. The van der Waals surface area contributed by atoms with Gasteiger partial charge in [-0.1, -0.05) is 35.9 Å². The van der Waals surface area contributed by atoms with Crippen LogP contribution in [0.4, 0.5) is 0 Å². The van der Waals surface area contributed by atoms with Gasteiger partial charge in [0.2, 0.25) is 0 Å². The lowest BCUT2D eigenvalue weighted by Gasteiger charge is -2.39. The standard InChI is InChI=1S/C26H28O5/c1-16-15-19-22(17(2)26(13-14-26)25(3,30)24(19)29)23(16)31-21(28)12-8-7-11-20(27)18-9-5-4-6-10-18/h4-6,9-10,15,30H,7-8,11-14H2,1-3H3/t25-/m0/s1. The number of Topliss-reactive ketones (excluding diaryl/α,β-unsaturated/α-hetero) is 2. The minimum absolute atomic E-state index is 0.0698. The number of allylic oxidation sites excluding steroid dienone is 3. The van der Waals surface area contributed by atoms with Crippen LogP contribution in [0.2, 0.25) is 0 Å². The molecule has 0 aliphatic heterocycles. The van der Waals surface area contributed by atoms with Crippen molar-refractivity contribution in [3.63, 3.8) is 0 Å². The second-order valence-electron chi connectivity index (χ2n) is 9.02. The molecule has 4 rings (SSSR count). The maximum atomic E-state index is 12.9. The smallest absolute Gasteiger partial charge is 0.311 e. The fourth-order valence-electron chi connectivity index (χ4n) is 4.92. The second kappa shape index (κ2) is 7.72. The number of aliphatic hydroxyl groups is 1. The monoisotopic (exact) mass is 420 g/mol. The van der Waals surface area contributed by atoms with E-state index in [1.54, 1.807) is 25.1 Å². The summed E-state index contributed by atoms with van der Waals surface area (Å²) in [6, 6.07) is 9.13. The highest BCUT2D eigenvalue weighted by molar-refractivity contribution is 6.10. The number of benzene rings is 1. The number of hydrogen-bond donors (Lipinski definition) is 1. The van der Waals surface area contributed by atoms with Crippen LogP contribution < -0.4 is 0 Å². The Balaban J connectivity index is 1.38. The molecule has 1 N–H and O–H groups in total. The number of ketones is 2. The van der Waals surface area contributed by atoms with E-state index in [0.29, 0.717) is 41.7 Å². The SMILES string of the molecule is CC1=C(OC(=O)CCCCC(=O)c2ccccc2)C2=C(C)C3(CC3)[C@@](C)(O)C(=O)C2=C1. The first kappa shape index (κ1) is 21.4. The van der Waals surface area contributed by atoms with Crippen molar-refractivity contribution in [3.8, 4) is 0 Å². The van der Waals surface area contributed by atoms with Crippen LogP contribution in [0.15, 0.2) is 64.5 Å². The Morgan fingerprint density at radius 1 is 1.06 bits per heavy atom. The van der Waals surface area contributed by atoms with E-state index in [1.807, 2.05) is 32.0 Å². The molecule has 162 valence electrons. The molecule has 31 heavy (non-hydrogen) atoms. The minimum Gasteiger partial charge on any atom is -0.426 e. The molecule has 5 nitrogen and oxygen atoms in total. The number of rotatable bonds is 7. The Morgan fingerprint density at radius 2 is 1.71 bits per heavy atom. The van der Waals surface area contributed by atoms with Crippen LogP contribution in [0.3, 0.4) is 0 Å². The van der Waals surface area contributed by atoms with Gasteiger partial charge in [0.15, 0.2) is 11.6 Å². The van der Waals surface area contributed by atoms with Crippen molar-refractivity contribution in [2.45, 2.75) is 64.9 Å². The molecule has 0 saturated heterocycles. The average molecular weight is 421 g/mol. The maximum Gasteiger partial charge on any atom is 0.311 e. The van der Waals surface area contributed by atoms with E-state index in [2.05, 4.69) is 0 Å².